The predicted molar refractivity (Wildman–Crippen MR) is 104 cm³/mol. The highest BCUT2D eigenvalue weighted by Crippen LogP contribution is 2.29. The number of hydrogen-bond acceptors (Lipinski definition) is 3. The van der Waals surface area contributed by atoms with Crippen molar-refractivity contribution in [1.82, 2.24) is 4.90 Å². The van der Waals surface area contributed by atoms with Crippen molar-refractivity contribution >= 4 is 33.8 Å². The third-order valence-corrected chi connectivity index (χ3v) is 5.17. The van der Waals surface area contributed by atoms with Crippen LogP contribution in [-0.4, -0.2) is 23.3 Å². The number of benzene rings is 3. The molecule has 0 N–H and O–H groups in total. The van der Waals surface area contributed by atoms with Gasteiger partial charge in [0.25, 0.3) is 11.8 Å². The van der Waals surface area contributed by atoms with Crippen molar-refractivity contribution in [1.29, 1.82) is 0 Å². The smallest absolute Gasteiger partial charge is 0.261 e. The molecular weight excluding hydrogens is 338 g/mol. The minimum atomic E-state index is -0.188. The Morgan fingerprint density at radius 1 is 0.741 bits per heavy atom. The summed E-state index contributed by atoms with van der Waals surface area (Å²) in [6, 6.07) is 21.2. The summed E-state index contributed by atoms with van der Waals surface area (Å²) in [6.45, 7) is 0.427. The lowest BCUT2D eigenvalue weighted by atomic mass is 10.1. The van der Waals surface area contributed by atoms with E-state index in [2.05, 4.69) is 12.1 Å². The molecule has 1 aliphatic rings. The largest absolute Gasteiger partial charge is 0.456 e. The summed E-state index contributed by atoms with van der Waals surface area (Å²) in [7, 11) is 0. The monoisotopic (exact) mass is 355 g/mol. The van der Waals surface area contributed by atoms with Crippen molar-refractivity contribution in [2.24, 2.45) is 0 Å². The number of hydrogen-bond donors (Lipinski definition) is 0. The fourth-order valence-electron chi connectivity index (χ4n) is 3.81. The average Bonchev–Trinajstić information content (AvgIpc) is 3.19. The van der Waals surface area contributed by atoms with Crippen molar-refractivity contribution in [2.75, 3.05) is 6.54 Å². The number of furan rings is 1. The van der Waals surface area contributed by atoms with Gasteiger partial charge in [0.1, 0.15) is 11.2 Å². The van der Waals surface area contributed by atoms with Gasteiger partial charge in [-0.25, -0.2) is 0 Å². The van der Waals surface area contributed by atoms with Crippen molar-refractivity contribution < 1.29 is 14.0 Å². The number of aryl methyl sites for hydroxylation is 1. The van der Waals surface area contributed by atoms with Gasteiger partial charge < -0.3 is 4.42 Å². The molecule has 0 saturated heterocycles. The number of nitrogens with zero attached hydrogens (tertiary/aromatic N) is 1. The van der Waals surface area contributed by atoms with Crippen LogP contribution in [0.1, 0.15) is 32.7 Å². The lowest BCUT2D eigenvalue weighted by Crippen LogP contribution is -2.30. The Balaban J connectivity index is 1.33. The average molecular weight is 355 g/mol. The van der Waals surface area contributed by atoms with Crippen molar-refractivity contribution in [3.63, 3.8) is 0 Å². The molecule has 27 heavy (non-hydrogen) atoms. The fourth-order valence-corrected chi connectivity index (χ4v) is 3.81. The Morgan fingerprint density at radius 3 is 2.19 bits per heavy atom. The van der Waals surface area contributed by atoms with E-state index in [0.29, 0.717) is 17.7 Å². The first-order valence-electron chi connectivity index (χ1n) is 9.08. The van der Waals surface area contributed by atoms with E-state index in [4.69, 9.17) is 4.42 Å². The molecular formula is C23H17NO3. The van der Waals surface area contributed by atoms with E-state index >= 15 is 0 Å². The summed E-state index contributed by atoms with van der Waals surface area (Å²) < 4.78 is 5.86. The van der Waals surface area contributed by atoms with Crippen LogP contribution in [0.25, 0.3) is 21.9 Å². The minimum absolute atomic E-state index is 0.188. The highest BCUT2D eigenvalue weighted by Gasteiger charge is 2.34. The van der Waals surface area contributed by atoms with Gasteiger partial charge in [-0.15, -0.1) is 0 Å². The Hall–Kier alpha value is -3.40. The van der Waals surface area contributed by atoms with Gasteiger partial charge >= 0.3 is 0 Å². The standard InChI is InChI=1S/C23H17NO3/c25-22-17-8-1-2-9-18(17)23(26)24(22)13-5-6-15-11-12-21-19(14-15)16-7-3-4-10-20(16)27-21/h1-4,7-12,14H,5-6,13H2. The number of imide groups is 1. The van der Waals surface area contributed by atoms with Gasteiger partial charge in [0.05, 0.1) is 11.1 Å². The molecule has 2 heterocycles. The molecule has 5 rings (SSSR count). The van der Waals surface area contributed by atoms with Gasteiger partial charge in [-0.2, -0.15) is 0 Å². The van der Waals surface area contributed by atoms with Crippen molar-refractivity contribution in [3.05, 3.63) is 83.4 Å². The van der Waals surface area contributed by atoms with Crippen molar-refractivity contribution in [3.8, 4) is 0 Å². The first-order chi connectivity index (χ1) is 13.2. The van der Waals surface area contributed by atoms with E-state index in [0.717, 1.165) is 34.8 Å². The second-order valence-electron chi connectivity index (χ2n) is 6.84. The molecule has 3 aromatic carbocycles. The molecule has 0 radical (unpaired) electrons. The summed E-state index contributed by atoms with van der Waals surface area (Å²) in [6.07, 6.45) is 1.52. The SMILES string of the molecule is O=C1c2ccccc2C(=O)N1CCCc1ccc2oc3ccccc3c2c1. The van der Waals surface area contributed by atoms with Gasteiger partial charge in [-0.1, -0.05) is 36.4 Å². The topological polar surface area (TPSA) is 50.5 Å². The molecule has 2 amide bonds. The van der Waals surface area contributed by atoms with Gasteiger partial charge in [0.15, 0.2) is 0 Å². The lowest BCUT2D eigenvalue weighted by Gasteiger charge is -2.13. The molecule has 0 saturated carbocycles. The molecule has 0 atom stereocenters. The van der Waals surface area contributed by atoms with E-state index in [1.54, 1.807) is 24.3 Å². The Kier molecular flexibility index (Phi) is 3.57. The summed E-state index contributed by atoms with van der Waals surface area (Å²) in [5.41, 5.74) is 3.95. The van der Waals surface area contributed by atoms with Gasteiger partial charge in [0, 0.05) is 17.3 Å². The number of carbonyl (C=O) groups is 2. The lowest BCUT2D eigenvalue weighted by molar-refractivity contribution is 0.0652. The number of amides is 2. The molecule has 4 aromatic rings. The molecule has 0 fully saturated rings. The van der Waals surface area contributed by atoms with Crippen LogP contribution in [0.4, 0.5) is 0 Å². The molecule has 0 unspecified atom stereocenters. The molecule has 0 aliphatic carbocycles. The normalized spacial score (nSPS) is 13.7. The van der Waals surface area contributed by atoms with E-state index in [-0.39, 0.29) is 11.8 Å². The number of carbonyl (C=O) groups excluding carboxylic acids is 2. The summed E-state index contributed by atoms with van der Waals surface area (Å²) in [4.78, 5) is 26.2. The summed E-state index contributed by atoms with van der Waals surface area (Å²) in [5, 5.41) is 2.21. The van der Waals surface area contributed by atoms with Gasteiger partial charge in [0.2, 0.25) is 0 Å². The quantitative estimate of drug-likeness (QED) is 0.493. The fraction of sp³-hybridized carbons (Fsp3) is 0.130. The first-order valence-corrected chi connectivity index (χ1v) is 9.08. The van der Waals surface area contributed by atoms with Gasteiger partial charge in [-0.3, -0.25) is 14.5 Å². The molecule has 0 spiro atoms. The summed E-state index contributed by atoms with van der Waals surface area (Å²) >= 11 is 0. The maximum Gasteiger partial charge on any atom is 0.261 e. The van der Waals surface area contributed by atoms with Crippen LogP contribution in [0, 0.1) is 0 Å². The van der Waals surface area contributed by atoms with Crippen LogP contribution in [0.2, 0.25) is 0 Å². The zero-order chi connectivity index (χ0) is 18.4. The van der Waals surface area contributed by atoms with E-state index < -0.39 is 0 Å². The van der Waals surface area contributed by atoms with Crippen LogP contribution in [0.15, 0.2) is 71.1 Å². The predicted octanol–water partition coefficient (Wildman–Crippen LogP) is 4.81. The highest BCUT2D eigenvalue weighted by molar-refractivity contribution is 6.21. The number of para-hydroxylation sites is 1. The Labute approximate surface area is 156 Å². The van der Waals surface area contributed by atoms with E-state index in [9.17, 15) is 9.59 Å². The zero-order valence-electron chi connectivity index (χ0n) is 14.6. The second-order valence-corrected chi connectivity index (χ2v) is 6.84. The van der Waals surface area contributed by atoms with E-state index in [1.807, 2.05) is 30.3 Å². The third kappa shape index (κ3) is 2.53. The molecule has 4 nitrogen and oxygen atoms in total. The molecule has 4 heteroatoms. The second kappa shape index (κ2) is 6.09. The van der Waals surface area contributed by atoms with Crippen LogP contribution in [0.3, 0.4) is 0 Å². The molecule has 132 valence electrons. The first kappa shape index (κ1) is 15.8. The molecule has 0 bridgehead atoms. The molecule has 1 aromatic heterocycles. The number of fused-ring (bicyclic) bond motifs is 4. The Morgan fingerprint density at radius 2 is 1.41 bits per heavy atom. The third-order valence-electron chi connectivity index (χ3n) is 5.17. The van der Waals surface area contributed by atoms with Crippen LogP contribution < -0.4 is 0 Å². The maximum atomic E-state index is 12.4. The van der Waals surface area contributed by atoms with Crippen LogP contribution in [0.5, 0.6) is 0 Å². The van der Waals surface area contributed by atoms with Crippen LogP contribution in [-0.2, 0) is 6.42 Å². The van der Waals surface area contributed by atoms with Crippen molar-refractivity contribution in [2.45, 2.75) is 12.8 Å². The van der Waals surface area contributed by atoms with Gasteiger partial charge in [-0.05, 0) is 48.7 Å². The molecule has 1 aliphatic heterocycles. The van der Waals surface area contributed by atoms with Crippen LogP contribution >= 0.6 is 0 Å². The maximum absolute atomic E-state index is 12.4. The Bertz CT molecular complexity index is 1170. The minimum Gasteiger partial charge on any atom is -0.456 e. The van der Waals surface area contributed by atoms with E-state index in [1.165, 1.54) is 10.5 Å². The highest BCUT2D eigenvalue weighted by atomic mass is 16.3. The number of rotatable bonds is 4. The zero-order valence-corrected chi connectivity index (χ0v) is 14.6. The summed E-state index contributed by atoms with van der Waals surface area (Å²) in [5.74, 6) is -0.376.